The quantitative estimate of drug-likeness (QED) is 0.540. The Kier molecular flexibility index (Phi) is 7.66. The topological polar surface area (TPSA) is 37.3 Å². The molecule has 0 aliphatic carbocycles. The Labute approximate surface area is 105 Å². The average Bonchev–Trinajstić information content (AvgIpc) is 2.33. The molecule has 2 nitrogen and oxygen atoms in total. The van der Waals surface area contributed by atoms with E-state index in [2.05, 4.69) is 30.3 Å². The van der Waals surface area contributed by atoms with Gasteiger partial charge in [-0.1, -0.05) is 58.2 Å². The number of hydrogen-bond donors (Lipinski definition) is 1. The van der Waals surface area contributed by atoms with E-state index in [9.17, 15) is 4.79 Å². The maximum Gasteiger partial charge on any atom is 0.303 e. The molecular formula is C14H21O2P. The molecule has 17 heavy (non-hydrogen) atoms. The average molecular weight is 252 g/mol. The van der Waals surface area contributed by atoms with Crippen molar-refractivity contribution in [2.75, 3.05) is 6.16 Å². The smallest absolute Gasteiger partial charge is 0.303 e. The highest BCUT2D eigenvalue weighted by molar-refractivity contribution is 7.47. The van der Waals surface area contributed by atoms with Crippen molar-refractivity contribution in [1.82, 2.24) is 0 Å². The third-order valence-corrected chi connectivity index (χ3v) is 4.02. The highest BCUT2D eigenvalue weighted by atomic mass is 31.1. The van der Waals surface area contributed by atoms with Gasteiger partial charge in [-0.05, 0) is 24.3 Å². The summed E-state index contributed by atoms with van der Waals surface area (Å²) in [7, 11) is 0.919. The first-order valence-electron chi connectivity index (χ1n) is 6.30. The molecule has 1 aromatic carbocycles. The van der Waals surface area contributed by atoms with E-state index < -0.39 is 5.97 Å². The summed E-state index contributed by atoms with van der Waals surface area (Å²) in [6.45, 7) is 0. The zero-order chi connectivity index (χ0) is 12.3. The summed E-state index contributed by atoms with van der Waals surface area (Å²) in [4.78, 5) is 10.3. The largest absolute Gasteiger partial charge is 0.481 e. The summed E-state index contributed by atoms with van der Waals surface area (Å²) >= 11 is 0. The van der Waals surface area contributed by atoms with Crippen LogP contribution in [0, 0.1) is 0 Å². The van der Waals surface area contributed by atoms with Crippen molar-refractivity contribution in [2.45, 2.75) is 38.5 Å². The summed E-state index contributed by atoms with van der Waals surface area (Å²) in [5, 5.41) is 9.92. The number of benzene rings is 1. The fourth-order valence-electron chi connectivity index (χ4n) is 1.72. The van der Waals surface area contributed by atoms with Crippen LogP contribution in [0.5, 0.6) is 0 Å². The highest BCUT2D eigenvalue weighted by Crippen LogP contribution is 2.14. The zero-order valence-corrected chi connectivity index (χ0v) is 11.2. The Morgan fingerprint density at radius 3 is 2.35 bits per heavy atom. The van der Waals surface area contributed by atoms with Gasteiger partial charge in [0.1, 0.15) is 0 Å². The zero-order valence-electron chi connectivity index (χ0n) is 10.2. The number of rotatable bonds is 9. The minimum atomic E-state index is -0.671. The molecule has 1 unspecified atom stereocenters. The normalized spacial score (nSPS) is 11.1. The Morgan fingerprint density at radius 1 is 1.00 bits per heavy atom. The Morgan fingerprint density at radius 2 is 1.65 bits per heavy atom. The lowest BCUT2D eigenvalue weighted by Crippen LogP contribution is -1.94. The molecule has 0 heterocycles. The molecule has 0 saturated heterocycles. The number of carboxylic acids is 1. The lowest BCUT2D eigenvalue weighted by atomic mass is 10.1. The third-order valence-electron chi connectivity index (χ3n) is 2.67. The molecule has 0 amide bonds. The maximum atomic E-state index is 10.3. The molecule has 0 aromatic heterocycles. The van der Waals surface area contributed by atoms with E-state index in [4.69, 9.17) is 5.11 Å². The van der Waals surface area contributed by atoms with Crippen LogP contribution < -0.4 is 5.30 Å². The van der Waals surface area contributed by atoms with Gasteiger partial charge in [0.25, 0.3) is 0 Å². The molecule has 1 atom stereocenters. The Hall–Kier alpha value is -0.880. The lowest BCUT2D eigenvalue weighted by molar-refractivity contribution is -0.137. The van der Waals surface area contributed by atoms with Crippen LogP contribution in [0.25, 0.3) is 0 Å². The molecule has 1 aromatic rings. The molecule has 0 bridgehead atoms. The van der Waals surface area contributed by atoms with Crippen LogP contribution in [-0.4, -0.2) is 17.2 Å². The van der Waals surface area contributed by atoms with Gasteiger partial charge in [-0.25, -0.2) is 0 Å². The number of unbranched alkanes of at least 4 members (excludes halogenated alkanes) is 4. The minimum absolute atomic E-state index is 0.325. The number of carbonyl (C=O) groups is 1. The summed E-state index contributed by atoms with van der Waals surface area (Å²) in [5.41, 5.74) is 0. The van der Waals surface area contributed by atoms with Gasteiger partial charge >= 0.3 is 5.97 Å². The molecule has 94 valence electrons. The fraction of sp³-hybridized carbons (Fsp3) is 0.500. The molecule has 0 aliphatic heterocycles. The van der Waals surface area contributed by atoms with E-state index >= 15 is 0 Å². The van der Waals surface area contributed by atoms with Gasteiger partial charge < -0.3 is 5.11 Å². The molecule has 0 spiro atoms. The molecule has 0 aliphatic rings. The van der Waals surface area contributed by atoms with Crippen molar-refractivity contribution in [3.05, 3.63) is 30.3 Å². The van der Waals surface area contributed by atoms with Crippen LogP contribution in [0.15, 0.2) is 30.3 Å². The van der Waals surface area contributed by atoms with Crippen LogP contribution in [0.3, 0.4) is 0 Å². The van der Waals surface area contributed by atoms with Gasteiger partial charge in [0, 0.05) is 6.42 Å². The van der Waals surface area contributed by atoms with Crippen molar-refractivity contribution in [2.24, 2.45) is 0 Å². The van der Waals surface area contributed by atoms with Crippen molar-refractivity contribution in [3.63, 3.8) is 0 Å². The molecule has 0 fully saturated rings. The Bertz CT molecular complexity index is 311. The molecule has 3 heteroatoms. The second-order valence-corrected chi connectivity index (χ2v) is 5.64. The monoisotopic (exact) mass is 252 g/mol. The van der Waals surface area contributed by atoms with Crippen LogP contribution in [0.1, 0.15) is 38.5 Å². The lowest BCUT2D eigenvalue weighted by Gasteiger charge is -2.02. The van der Waals surface area contributed by atoms with Crippen LogP contribution in [0.2, 0.25) is 0 Å². The first-order chi connectivity index (χ1) is 8.29. The van der Waals surface area contributed by atoms with E-state index in [-0.39, 0.29) is 0 Å². The Balaban J connectivity index is 1.90. The van der Waals surface area contributed by atoms with E-state index in [1.807, 2.05) is 0 Å². The van der Waals surface area contributed by atoms with Gasteiger partial charge in [-0.15, -0.1) is 0 Å². The van der Waals surface area contributed by atoms with Crippen molar-refractivity contribution >= 4 is 19.9 Å². The number of carboxylic acid groups (broad SMARTS) is 1. The van der Waals surface area contributed by atoms with Gasteiger partial charge in [-0.2, -0.15) is 0 Å². The van der Waals surface area contributed by atoms with E-state index in [1.165, 1.54) is 30.7 Å². The first-order valence-corrected chi connectivity index (χ1v) is 7.50. The summed E-state index contributed by atoms with van der Waals surface area (Å²) in [5.74, 6) is -0.671. The summed E-state index contributed by atoms with van der Waals surface area (Å²) < 4.78 is 0. The van der Waals surface area contributed by atoms with Crippen molar-refractivity contribution in [1.29, 1.82) is 0 Å². The predicted molar refractivity (Wildman–Crippen MR) is 74.6 cm³/mol. The first kappa shape index (κ1) is 14.2. The second-order valence-electron chi connectivity index (χ2n) is 4.20. The second kappa shape index (κ2) is 9.18. The van der Waals surface area contributed by atoms with E-state index in [1.54, 1.807) is 0 Å². The summed E-state index contributed by atoms with van der Waals surface area (Å²) in [6, 6.07) is 10.6. The van der Waals surface area contributed by atoms with E-state index in [0.29, 0.717) is 6.42 Å². The highest BCUT2D eigenvalue weighted by Gasteiger charge is 1.96. The van der Waals surface area contributed by atoms with Gasteiger partial charge in [0.2, 0.25) is 0 Å². The molecule has 0 radical (unpaired) electrons. The SMILES string of the molecule is O=C(O)CCCCCCCPc1ccccc1. The standard InChI is InChI=1S/C14H21O2P/c15-14(16)11-7-2-1-3-8-12-17-13-9-5-4-6-10-13/h4-6,9-10,17H,1-3,7-8,11-12H2,(H,15,16). The van der Waals surface area contributed by atoms with Crippen molar-refractivity contribution < 1.29 is 9.90 Å². The van der Waals surface area contributed by atoms with Crippen LogP contribution >= 0.6 is 8.58 Å². The van der Waals surface area contributed by atoms with Gasteiger partial charge in [0.15, 0.2) is 0 Å². The van der Waals surface area contributed by atoms with Gasteiger partial charge in [0.05, 0.1) is 0 Å². The predicted octanol–water partition coefficient (Wildman–Crippen LogP) is 3.42. The number of aliphatic carboxylic acids is 1. The maximum absolute atomic E-state index is 10.3. The van der Waals surface area contributed by atoms with E-state index in [0.717, 1.165) is 21.4 Å². The third kappa shape index (κ3) is 7.93. The van der Waals surface area contributed by atoms with Gasteiger partial charge in [-0.3, -0.25) is 4.79 Å². The molecule has 0 saturated carbocycles. The van der Waals surface area contributed by atoms with Crippen LogP contribution in [0.4, 0.5) is 0 Å². The fourth-order valence-corrected chi connectivity index (χ4v) is 2.86. The van der Waals surface area contributed by atoms with Crippen LogP contribution in [-0.2, 0) is 4.79 Å². The minimum Gasteiger partial charge on any atom is -0.481 e. The number of hydrogen-bond acceptors (Lipinski definition) is 1. The summed E-state index contributed by atoms with van der Waals surface area (Å²) in [6.07, 6.45) is 7.15. The molecule has 1 N–H and O–H groups in total. The molecular weight excluding hydrogens is 231 g/mol. The molecule has 1 rings (SSSR count). The van der Waals surface area contributed by atoms with Crippen molar-refractivity contribution in [3.8, 4) is 0 Å².